The number of nitrogens with two attached hydrogens (primary N) is 1. The van der Waals surface area contributed by atoms with Gasteiger partial charge in [0.05, 0.1) is 5.56 Å². The lowest BCUT2D eigenvalue weighted by molar-refractivity contribution is 0.100. The van der Waals surface area contributed by atoms with Crippen LogP contribution in [0.15, 0.2) is 34.1 Å². The number of carbonyl (C=O) groups is 2. The molecule has 1 heterocycles. The fourth-order valence-electron chi connectivity index (χ4n) is 1.62. The van der Waals surface area contributed by atoms with Gasteiger partial charge >= 0.3 is 0 Å². The van der Waals surface area contributed by atoms with Gasteiger partial charge in [-0.15, -0.1) is 11.3 Å². The van der Waals surface area contributed by atoms with Crippen LogP contribution in [0.5, 0.6) is 0 Å². The number of carbonyl (C=O) groups excluding carboxylic acids is 2. The molecule has 2 rings (SSSR count). The summed E-state index contributed by atoms with van der Waals surface area (Å²) in [5, 5.41) is 4.90. The maximum absolute atomic E-state index is 12.2. The molecule has 0 saturated heterocycles. The van der Waals surface area contributed by atoms with Crippen molar-refractivity contribution < 1.29 is 9.59 Å². The van der Waals surface area contributed by atoms with E-state index in [4.69, 9.17) is 5.73 Å². The minimum absolute atomic E-state index is 0.260. The molecular weight excluding hydrogens is 328 g/mol. The Morgan fingerprint density at radius 3 is 2.68 bits per heavy atom. The number of thiophene rings is 1. The monoisotopic (exact) mass is 338 g/mol. The summed E-state index contributed by atoms with van der Waals surface area (Å²) in [6.07, 6.45) is 0. The van der Waals surface area contributed by atoms with Crippen LogP contribution < -0.4 is 11.1 Å². The van der Waals surface area contributed by atoms with Crippen LogP contribution in [0.25, 0.3) is 0 Å². The van der Waals surface area contributed by atoms with Crippen molar-refractivity contribution in [3.05, 3.63) is 50.8 Å². The van der Waals surface area contributed by atoms with Gasteiger partial charge in [-0.3, -0.25) is 9.59 Å². The Hall–Kier alpha value is -1.66. The Morgan fingerprint density at radius 1 is 1.26 bits per heavy atom. The first-order valence-electron chi connectivity index (χ1n) is 5.44. The largest absolute Gasteiger partial charge is 0.366 e. The highest BCUT2D eigenvalue weighted by Gasteiger charge is 2.15. The van der Waals surface area contributed by atoms with E-state index in [1.807, 2.05) is 13.0 Å². The molecule has 0 aliphatic heterocycles. The number of anilines is 1. The van der Waals surface area contributed by atoms with Crippen LogP contribution in [0.4, 0.5) is 5.00 Å². The average Bonchev–Trinajstić information content (AvgIpc) is 2.80. The highest BCUT2D eigenvalue weighted by atomic mass is 79.9. The van der Waals surface area contributed by atoms with Gasteiger partial charge in [-0.1, -0.05) is 22.0 Å². The molecule has 6 heteroatoms. The van der Waals surface area contributed by atoms with Crippen LogP contribution in [-0.2, 0) is 0 Å². The molecule has 3 N–H and O–H groups in total. The highest BCUT2D eigenvalue weighted by Crippen LogP contribution is 2.25. The van der Waals surface area contributed by atoms with Gasteiger partial charge in [-0.05, 0) is 36.1 Å². The summed E-state index contributed by atoms with van der Waals surface area (Å²) in [6.45, 7) is 1.85. The maximum Gasteiger partial charge on any atom is 0.256 e. The standard InChI is InChI=1S/C13H11BrN2O2S/c1-7-8(3-2-4-10(7)14)12(18)16-13-9(11(15)17)5-6-19-13/h2-6H,1H3,(H2,15,17)(H,16,18). The second-order valence-corrected chi connectivity index (χ2v) is 5.66. The Labute approximate surface area is 122 Å². The van der Waals surface area contributed by atoms with Gasteiger partial charge in [-0.2, -0.15) is 0 Å². The molecule has 0 bridgehead atoms. The Kier molecular flexibility index (Phi) is 4.01. The van der Waals surface area contributed by atoms with E-state index in [9.17, 15) is 9.59 Å². The SMILES string of the molecule is Cc1c(Br)cccc1C(=O)Nc1sccc1C(N)=O. The smallest absolute Gasteiger partial charge is 0.256 e. The van der Waals surface area contributed by atoms with Crippen molar-refractivity contribution in [2.75, 3.05) is 5.32 Å². The fraction of sp³-hybridized carbons (Fsp3) is 0.0769. The van der Waals surface area contributed by atoms with E-state index in [2.05, 4.69) is 21.2 Å². The van der Waals surface area contributed by atoms with Gasteiger partial charge in [0.15, 0.2) is 0 Å². The molecule has 2 aromatic rings. The molecule has 0 fully saturated rings. The van der Waals surface area contributed by atoms with Crippen molar-refractivity contribution in [2.24, 2.45) is 5.73 Å². The molecule has 0 unspecified atom stereocenters. The number of nitrogens with one attached hydrogen (secondary N) is 1. The van der Waals surface area contributed by atoms with Crippen LogP contribution in [0.2, 0.25) is 0 Å². The van der Waals surface area contributed by atoms with Crippen LogP contribution in [-0.4, -0.2) is 11.8 Å². The number of halogens is 1. The van der Waals surface area contributed by atoms with Gasteiger partial charge in [-0.25, -0.2) is 0 Å². The first-order chi connectivity index (χ1) is 9.00. The third-order valence-electron chi connectivity index (χ3n) is 2.67. The van der Waals surface area contributed by atoms with Gasteiger partial charge < -0.3 is 11.1 Å². The number of hydrogen-bond donors (Lipinski definition) is 2. The number of amides is 2. The minimum atomic E-state index is -0.553. The normalized spacial score (nSPS) is 10.2. The molecule has 1 aromatic heterocycles. The van der Waals surface area contributed by atoms with E-state index in [1.54, 1.807) is 23.6 Å². The van der Waals surface area contributed by atoms with Gasteiger partial charge in [0.2, 0.25) is 0 Å². The van der Waals surface area contributed by atoms with Crippen LogP contribution in [0.3, 0.4) is 0 Å². The van der Waals surface area contributed by atoms with Gasteiger partial charge in [0.25, 0.3) is 11.8 Å². The summed E-state index contributed by atoms with van der Waals surface area (Å²) in [4.78, 5) is 23.4. The zero-order valence-electron chi connectivity index (χ0n) is 10.1. The van der Waals surface area contributed by atoms with Crippen molar-refractivity contribution in [1.82, 2.24) is 0 Å². The topological polar surface area (TPSA) is 72.2 Å². The molecular formula is C13H11BrN2O2S. The number of rotatable bonds is 3. The molecule has 98 valence electrons. The van der Waals surface area contributed by atoms with Crippen molar-refractivity contribution in [3.8, 4) is 0 Å². The van der Waals surface area contributed by atoms with E-state index >= 15 is 0 Å². The number of hydrogen-bond acceptors (Lipinski definition) is 3. The molecule has 19 heavy (non-hydrogen) atoms. The second kappa shape index (κ2) is 5.54. The molecule has 2 amide bonds. The third-order valence-corrected chi connectivity index (χ3v) is 4.36. The summed E-state index contributed by atoms with van der Waals surface area (Å²) >= 11 is 4.64. The van der Waals surface area contributed by atoms with E-state index in [1.165, 1.54) is 11.3 Å². The molecule has 0 atom stereocenters. The Bertz CT molecular complexity index is 652. The Balaban J connectivity index is 2.29. The minimum Gasteiger partial charge on any atom is -0.366 e. The number of primary amides is 1. The zero-order valence-corrected chi connectivity index (χ0v) is 12.5. The predicted molar refractivity (Wildman–Crippen MR) is 79.7 cm³/mol. The van der Waals surface area contributed by atoms with Crippen molar-refractivity contribution >= 4 is 44.1 Å². The van der Waals surface area contributed by atoms with E-state index in [0.717, 1.165) is 10.0 Å². The summed E-state index contributed by atoms with van der Waals surface area (Å²) in [7, 11) is 0. The van der Waals surface area contributed by atoms with Gasteiger partial charge in [0.1, 0.15) is 5.00 Å². The van der Waals surface area contributed by atoms with Crippen molar-refractivity contribution in [1.29, 1.82) is 0 Å². The molecule has 4 nitrogen and oxygen atoms in total. The van der Waals surface area contributed by atoms with Crippen molar-refractivity contribution in [3.63, 3.8) is 0 Å². The molecule has 0 aliphatic carbocycles. The third kappa shape index (κ3) is 2.85. The van der Waals surface area contributed by atoms with E-state index in [-0.39, 0.29) is 5.91 Å². The number of benzene rings is 1. The lowest BCUT2D eigenvalue weighted by Gasteiger charge is -2.08. The lowest BCUT2D eigenvalue weighted by Crippen LogP contribution is -2.17. The van der Waals surface area contributed by atoms with Crippen molar-refractivity contribution in [2.45, 2.75) is 6.92 Å². The summed E-state index contributed by atoms with van der Waals surface area (Å²) in [6, 6.07) is 6.98. The summed E-state index contributed by atoms with van der Waals surface area (Å²) in [5.41, 5.74) is 6.96. The van der Waals surface area contributed by atoms with Crippen LogP contribution in [0, 0.1) is 6.92 Å². The van der Waals surface area contributed by atoms with E-state index < -0.39 is 5.91 Å². The summed E-state index contributed by atoms with van der Waals surface area (Å²) < 4.78 is 0.862. The van der Waals surface area contributed by atoms with Crippen LogP contribution >= 0.6 is 27.3 Å². The van der Waals surface area contributed by atoms with Gasteiger partial charge in [0, 0.05) is 10.0 Å². The first-order valence-corrected chi connectivity index (χ1v) is 7.11. The maximum atomic E-state index is 12.2. The van der Waals surface area contributed by atoms with Crippen LogP contribution in [0.1, 0.15) is 26.3 Å². The molecule has 0 spiro atoms. The lowest BCUT2D eigenvalue weighted by atomic mass is 10.1. The highest BCUT2D eigenvalue weighted by molar-refractivity contribution is 9.10. The first kappa shape index (κ1) is 13.8. The van der Waals surface area contributed by atoms with E-state index in [0.29, 0.717) is 16.1 Å². The molecule has 1 aromatic carbocycles. The quantitative estimate of drug-likeness (QED) is 0.902. The zero-order chi connectivity index (χ0) is 14.0. The fourth-order valence-corrected chi connectivity index (χ4v) is 2.78. The second-order valence-electron chi connectivity index (χ2n) is 3.89. The molecule has 0 radical (unpaired) electrons. The summed E-state index contributed by atoms with van der Waals surface area (Å²) in [5.74, 6) is -0.814. The Morgan fingerprint density at radius 2 is 2.00 bits per heavy atom. The molecule has 0 saturated carbocycles. The predicted octanol–water partition coefficient (Wildman–Crippen LogP) is 3.17. The molecule has 0 aliphatic rings. The average molecular weight is 339 g/mol.